The summed E-state index contributed by atoms with van der Waals surface area (Å²) >= 11 is 8.06. The molecule has 2 N–H and O–H groups in total. The van der Waals surface area contributed by atoms with Crippen molar-refractivity contribution in [2.24, 2.45) is 0 Å². The third-order valence-electron chi connectivity index (χ3n) is 3.71. The Bertz CT molecular complexity index is 494. The first-order valence-electron chi connectivity index (χ1n) is 6.70. The van der Waals surface area contributed by atoms with Crippen LogP contribution < -0.4 is 10.6 Å². The molecular weight excluding hydrogens is 280 g/mol. The summed E-state index contributed by atoms with van der Waals surface area (Å²) in [5, 5.41) is 7.25. The molecule has 0 radical (unpaired) electrons. The number of halogens is 1. The third-order valence-corrected chi connectivity index (χ3v) is 5.32. The van der Waals surface area contributed by atoms with E-state index in [-0.39, 0.29) is 18.0 Å². The highest BCUT2D eigenvalue weighted by Gasteiger charge is 2.28. The highest BCUT2D eigenvalue weighted by atomic mass is 35.5. The molecule has 2 atom stereocenters. The second kappa shape index (κ2) is 5.73. The minimum absolute atomic E-state index is 0.0614. The largest absolute Gasteiger partial charge is 0.355 e. The van der Waals surface area contributed by atoms with Crippen molar-refractivity contribution >= 4 is 29.3 Å². The molecule has 19 heavy (non-hydrogen) atoms. The third kappa shape index (κ3) is 2.76. The summed E-state index contributed by atoms with van der Waals surface area (Å²) in [6, 6.07) is 6.22. The van der Waals surface area contributed by atoms with Gasteiger partial charge in [-0.15, -0.1) is 11.8 Å². The van der Waals surface area contributed by atoms with E-state index in [0.717, 1.165) is 36.6 Å². The number of carbonyl (C=O) groups excluding carboxylic acids is 1. The standard InChI is InChI=1S/C14H17ClN2OS/c15-10-4-1-3-9-11(6-8-19-13(9)10)17-12-5-2-7-16-14(12)18/h1,3-4,11-12,17H,2,5-8H2,(H,16,18). The summed E-state index contributed by atoms with van der Waals surface area (Å²) in [6.45, 7) is 0.806. The molecule has 1 fully saturated rings. The number of hydrogen-bond donors (Lipinski definition) is 2. The van der Waals surface area contributed by atoms with Crippen LogP contribution in [0.15, 0.2) is 23.1 Å². The zero-order chi connectivity index (χ0) is 13.2. The van der Waals surface area contributed by atoms with Crippen molar-refractivity contribution in [3.05, 3.63) is 28.8 Å². The van der Waals surface area contributed by atoms with Gasteiger partial charge in [0.2, 0.25) is 5.91 Å². The summed E-state index contributed by atoms with van der Waals surface area (Å²) in [4.78, 5) is 13.0. The number of fused-ring (bicyclic) bond motifs is 1. The van der Waals surface area contributed by atoms with Crippen LogP contribution in [0.4, 0.5) is 0 Å². The summed E-state index contributed by atoms with van der Waals surface area (Å²) in [6.07, 6.45) is 3.01. The lowest BCUT2D eigenvalue weighted by Crippen LogP contribution is -2.49. The maximum absolute atomic E-state index is 11.8. The lowest BCUT2D eigenvalue weighted by Gasteiger charge is -2.31. The SMILES string of the molecule is O=C1NCCCC1NC1CCSc2c(Cl)cccc21. The Morgan fingerprint density at radius 2 is 2.21 bits per heavy atom. The first-order chi connectivity index (χ1) is 9.25. The lowest BCUT2D eigenvalue weighted by atomic mass is 10.00. The number of hydrogen-bond acceptors (Lipinski definition) is 3. The Hall–Kier alpha value is -0.710. The van der Waals surface area contributed by atoms with Crippen LogP contribution in [0.25, 0.3) is 0 Å². The van der Waals surface area contributed by atoms with Crippen molar-refractivity contribution in [2.75, 3.05) is 12.3 Å². The van der Waals surface area contributed by atoms with E-state index in [1.54, 1.807) is 0 Å². The summed E-state index contributed by atoms with van der Waals surface area (Å²) in [7, 11) is 0. The molecule has 0 bridgehead atoms. The van der Waals surface area contributed by atoms with E-state index in [1.807, 2.05) is 23.9 Å². The molecule has 1 saturated heterocycles. The van der Waals surface area contributed by atoms with Crippen LogP contribution in [0.5, 0.6) is 0 Å². The fourth-order valence-corrected chi connectivity index (χ4v) is 4.22. The normalized spacial score (nSPS) is 26.7. The van der Waals surface area contributed by atoms with E-state index in [1.165, 1.54) is 10.5 Å². The number of benzene rings is 1. The molecule has 3 rings (SSSR count). The monoisotopic (exact) mass is 296 g/mol. The van der Waals surface area contributed by atoms with Gasteiger partial charge in [-0.05, 0) is 36.6 Å². The van der Waals surface area contributed by atoms with Crippen molar-refractivity contribution in [1.29, 1.82) is 0 Å². The Morgan fingerprint density at radius 1 is 1.32 bits per heavy atom. The zero-order valence-electron chi connectivity index (χ0n) is 10.6. The summed E-state index contributed by atoms with van der Waals surface area (Å²) in [5.74, 6) is 1.18. The van der Waals surface area contributed by atoms with Crippen LogP contribution >= 0.6 is 23.4 Å². The van der Waals surface area contributed by atoms with E-state index in [4.69, 9.17) is 11.6 Å². The van der Waals surface area contributed by atoms with Gasteiger partial charge in [-0.3, -0.25) is 10.1 Å². The summed E-state index contributed by atoms with van der Waals surface area (Å²) < 4.78 is 0. The van der Waals surface area contributed by atoms with Gasteiger partial charge in [-0.2, -0.15) is 0 Å². The molecule has 1 aromatic carbocycles. The Labute approximate surface area is 122 Å². The van der Waals surface area contributed by atoms with Gasteiger partial charge in [0, 0.05) is 17.5 Å². The number of thioether (sulfide) groups is 1. The molecule has 102 valence electrons. The van der Waals surface area contributed by atoms with Crippen molar-refractivity contribution in [3.63, 3.8) is 0 Å². The van der Waals surface area contributed by atoms with Crippen LogP contribution in [-0.2, 0) is 4.79 Å². The number of carbonyl (C=O) groups is 1. The minimum Gasteiger partial charge on any atom is -0.355 e. The smallest absolute Gasteiger partial charge is 0.237 e. The van der Waals surface area contributed by atoms with Crippen LogP contribution in [0, 0.1) is 0 Å². The van der Waals surface area contributed by atoms with Gasteiger partial charge in [-0.1, -0.05) is 23.7 Å². The first kappa shape index (κ1) is 13.3. The van der Waals surface area contributed by atoms with Crippen molar-refractivity contribution in [1.82, 2.24) is 10.6 Å². The molecule has 1 aromatic rings. The Kier molecular flexibility index (Phi) is 4.01. The highest BCUT2D eigenvalue weighted by Crippen LogP contribution is 2.40. The van der Waals surface area contributed by atoms with Gasteiger partial charge in [-0.25, -0.2) is 0 Å². The maximum atomic E-state index is 11.8. The second-order valence-electron chi connectivity index (χ2n) is 5.00. The van der Waals surface area contributed by atoms with E-state index in [9.17, 15) is 4.79 Å². The molecule has 2 heterocycles. The molecule has 0 spiro atoms. The molecule has 2 unspecified atom stereocenters. The quantitative estimate of drug-likeness (QED) is 0.882. The van der Waals surface area contributed by atoms with Gasteiger partial charge in [0.05, 0.1) is 11.1 Å². The van der Waals surface area contributed by atoms with Crippen LogP contribution in [-0.4, -0.2) is 24.2 Å². The van der Waals surface area contributed by atoms with E-state index >= 15 is 0 Å². The zero-order valence-corrected chi connectivity index (χ0v) is 12.2. The van der Waals surface area contributed by atoms with Crippen LogP contribution in [0.3, 0.4) is 0 Å². The molecular formula is C14H17ClN2OS. The molecule has 0 aliphatic carbocycles. The van der Waals surface area contributed by atoms with Gasteiger partial charge in [0.25, 0.3) is 0 Å². The number of piperidine rings is 1. The van der Waals surface area contributed by atoms with Crippen LogP contribution in [0.1, 0.15) is 30.9 Å². The van der Waals surface area contributed by atoms with Gasteiger partial charge in [0.15, 0.2) is 0 Å². The van der Waals surface area contributed by atoms with E-state index < -0.39 is 0 Å². The number of nitrogens with one attached hydrogen (secondary N) is 2. The van der Waals surface area contributed by atoms with Crippen molar-refractivity contribution in [3.8, 4) is 0 Å². The lowest BCUT2D eigenvalue weighted by molar-refractivity contribution is -0.124. The predicted octanol–water partition coefficient (Wildman–Crippen LogP) is 2.75. The predicted molar refractivity (Wildman–Crippen MR) is 78.7 cm³/mol. The van der Waals surface area contributed by atoms with Crippen molar-refractivity contribution in [2.45, 2.75) is 36.2 Å². The average molecular weight is 297 g/mol. The number of rotatable bonds is 2. The Morgan fingerprint density at radius 3 is 3.05 bits per heavy atom. The summed E-state index contributed by atoms with van der Waals surface area (Å²) in [5.41, 5.74) is 1.24. The molecule has 3 nitrogen and oxygen atoms in total. The fourth-order valence-electron chi connectivity index (χ4n) is 2.73. The minimum atomic E-state index is -0.0614. The van der Waals surface area contributed by atoms with E-state index in [2.05, 4.69) is 16.7 Å². The fraction of sp³-hybridized carbons (Fsp3) is 0.500. The maximum Gasteiger partial charge on any atom is 0.237 e. The van der Waals surface area contributed by atoms with Crippen LogP contribution in [0.2, 0.25) is 5.02 Å². The molecule has 5 heteroatoms. The molecule has 0 aromatic heterocycles. The average Bonchev–Trinajstić information content (AvgIpc) is 2.42. The number of amides is 1. The van der Waals surface area contributed by atoms with Gasteiger partial charge in [0.1, 0.15) is 0 Å². The molecule has 2 aliphatic rings. The molecule has 2 aliphatic heterocycles. The van der Waals surface area contributed by atoms with Crippen molar-refractivity contribution < 1.29 is 4.79 Å². The molecule has 0 saturated carbocycles. The second-order valence-corrected chi connectivity index (χ2v) is 6.51. The molecule has 1 amide bonds. The van der Waals surface area contributed by atoms with Gasteiger partial charge < -0.3 is 5.32 Å². The topological polar surface area (TPSA) is 41.1 Å². The Balaban J connectivity index is 1.80. The van der Waals surface area contributed by atoms with Gasteiger partial charge >= 0.3 is 0 Å². The van der Waals surface area contributed by atoms with E-state index in [0.29, 0.717) is 0 Å². The first-order valence-corrected chi connectivity index (χ1v) is 8.07. The highest BCUT2D eigenvalue weighted by molar-refractivity contribution is 7.99.